The monoisotopic (exact) mass is 404 g/mol. The van der Waals surface area contributed by atoms with Crippen molar-refractivity contribution in [1.82, 2.24) is 5.32 Å². The Hall–Kier alpha value is -3.87. The summed E-state index contributed by atoms with van der Waals surface area (Å²) in [5, 5.41) is 17.0. The molecule has 1 aliphatic rings. The predicted octanol–water partition coefficient (Wildman–Crippen LogP) is 3.07. The highest BCUT2D eigenvalue weighted by Gasteiger charge is 2.20. The van der Waals surface area contributed by atoms with Gasteiger partial charge in [0.15, 0.2) is 6.61 Å². The molecule has 1 atom stereocenters. The summed E-state index contributed by atoms with van der Waals surface area (Å²) in [5.41, 5.74) is 2.70. The molecule has 3 aromatic carbocycles. The Bertz CT molecular complexity index is 1170. The van der Waals surface area contributed by atoms with Crippen LogP contribution in [0.2, 0.25) is 0 Å². The van der Waals surface area contributed by atoms with Crippen molar-refractivity contribution < 1.29 is 24.2 Å². The van der Waals surface area contributed by atoms with E-state index in [-0.39, 0.29) is 23.3 Å². The molecular weight excluding hydrogens is 384 g/mol. The summed E-state index contributed by atoms with van der Waals surface area (Å²) in [6, 6.07) is 15.3. The van der Waals surface area contributed by atoms with Gasteiger partial charge in [0, 0.05) is 11.1 Å². The van der Waals surface area contributed by atoms with Gasteiger partial charge in [-0.2, -0.15) is 0 Å². The van der Waals surface area contributed by atoms with Gasteiger partial charge < -0.3 is 20.5 Å². The van der Waals surface area contributed by atoms with Crippen LogP contribution in [0.4, 0.5) is 5.69 Å². The molecule has 0 spiro atoms. The second-order valence-corrected chi connectivity index (χ2v) is 7.22. The first-order chi connectivity index (χ1) is 14.4. The minimum absolute atomic E-state index is 0.0253. The Labute approximate surface area is 172 Å². The van der Waals surface area contributed by atoms with Crippen LogP contribution < -0.4 is 10.6 Å². The van der Waals surface area contributed by atoms with Gasteiger partial charge in [0.05, 0.1) is 18.0 Å². The standard InChI is InChI=1S/C23H20N2O5/c1-13(14-6-7-19-16(8-14)11-21(27)25-19)24-22(28)12-30-23(29)17-9-15-4-2-3-5-18(15)20(26)10-17/h2-10,13,26H,11-12H2,1H3,(H,24,28)(H,25,27). The number of phenols is 1. The lowest BCUT2D eigenvalue weighted by Gasteiger charge is -2.15. The normalized spacial score (nSPS) is 13.4. The second kappa shape index (κ2) is 7.87. The van der Waals surface area contributed by atoms with Crippen molar-refractivity contribution in [2.45, 2.75) is 19.4 Å². The van der Waals surface area contributed by atoms with Crippen LogP contribution >= 0.6 is 0 Å². The van der Waals surface area contributed by atoms with Crippen LogP contribution in [0, 0.1) is 0 Å². The second-order valence-electron chi connectivity index (χ2n) is 7.22. The maximum absolute atomic E-state index is 12.3. The summed E-state index contributed by atoms with van der Waals surface area (Å²) in [6.45, 7) is 1.37. The van der Waals surface area contributed by atoms with Crippen molar-refractivity contribution in [3.63, 3.8) is 0 Å². The lowest BCUT2D eigenvalue weighted by Crippen LogP contribution is -2.31. The molecule has 3 N–H and O–H groups in total. The number of esters is 1. The fourth-order valence-corrected chi connectivity index (χ4v) is 3.51. The molecule has 7 heteroatoms. The third kappa shape index (κ3) is 3.96. The average Bonchev–Trinajstić information content (AvgIpc) is 3.11. The zero-order chi connectivity index (χ0) is 21.3. The van der Waals surface area contributed by atoms with Gasteiger partial charge >= 0.3 is 5.97 Å². The zero-order valence-corrected chi connectivity index (χ0v) is 16.3. The molecule has 0 radical (unpaired) electrons. The number of aromatic hydroxyl groups is 1. The fraction of sp³-hybridized carbons (Fsp3) is 0.174. The summed E-state index contributed by atoms with van der Waals surface area (Å²) in [6.07, 6.45) is 0.319. The molecule has 0 saturated carbocycles. The molecule has 4 rings (SSSR count). The first-order valence-electron chi connectivity index (χ1n) is 9.51. The van der Waals surface area contributed by atoms with Crippen LogP contribution in [-0.4, -0.2) is 29.5 Å². The van der Waals surface area contributed by atoms with Gasteiger partial charge in [0.1, 0.15) is 5.75 Å². The molecule has 152 valence electrons. The van der Waals surface area contributed by atoms with Crippen LogP contribution in [0.5, 0.6) is 5.75 Å². The summed E-state index contributed by atoms with van der Waals surface area (Å²) in [4.78, 5) is 36.0. The van der Waals surface area contributed by atoms with Gasteiger partial charge in [-0.15, -0.1) is 0 Å². The SMILES string of the molecule is CC(NC(=O)COC(=O)c1cc(O)c2ccccc2c1)c1ccc2c(c1)CC(=O)N2. The van der Waals surface area contributed by atoms with Gasteiger partial charge in [-0.3, -0.25) is 9.59 Å². The number of rotatable bonds is 5. The molecule has 30 heavy (non-hydrogen) atoms. The number of carbonyl (C=O) groups is 3. The average molecular weight is 404 g/mol. The number of hydrogen-bond donors (Lipinski definition) is 3. The highest BCUT2D eigenvalue weighted by Crippen LogP contribution is 2.27. The Balaban J connectivity index is 1.36. The molecule has 0 aromatic heterocycles. The van der Waals surface area contributed by atoms with Crippen molar-refractivity contribution in [3.8, 4) is 5.75 Å². The Morgan fingerprint density at radius 3 is 2.80 bits per heavy atom. The maximum atomic E-state index is 12.3. The van der Waals surface area contributed by atoms with Crippen molar-refractivity contribution in [3.05, 3.63) is 71.3 Å². The molecule has 0 aliphatic carbocycles. The summed E-state index contributed by atoms with van der Waals surface area (Å²) < 4.78 is 5.10. The number of hydrogen-bond acceptors (Lipinski definition) is 5. The molecule has 2 amide bonds. The minimum Gasteiger partial charge on any atom is -0.507 e. The minimum atomic E-state index is -0.694. The Kier molecular flexibility index (Phi) is 5.10. The first-order valence-corrected chi connectivity index (χ1v) is 9.51. The van der Waals surface area contributed by atoms with E-state index in [0.29, 0.717) is 17.2 Å². The van der Waals surface area contributed by atoms with E-state index in [1.54, 1.807) is 30.3 Å². The third-order valence-electron chi connectivity index (χ3n) is 5.04. The predicted molar refractivity (Wildman–Crippen MR) is 111 cm³/mol. The van der Waals surface area contributed by atoms with Crippen molar-refractivity contribution in [1.29, 1.82) is 0 Å². The first kappa shape index (κ1) is 19.4. The molecule has 1 aliphatic heterocycles. The van der Waals surface area contributed by atoms with Gasteiger partial charge in [-0.1, -0.05) is 36.4 Å². The number of ether oxygens (including phenoxy) is 1. The van der Waals surface area contributed by atoms with Crippen LogP contribution in [0.3, 0.4) is 0 Å². The summed E-state index contributed by atoms with van der Waals surface area (Å²) in [7, 11) is 0. The van der Waals surface area contributed by atoms with Crippen LogP contribution in [0.1, 0.15) is 34.5 Å². The zero-order valence-electron chi connectivity index (χ0n) is 16.3. The number of amides is 2. The van der Waals surface area contributed by atoms with Crippen molar-refractivity contribution in [2.75, 3.05) is 11.9 Å². The molecule has 7 nitrogen and oxygen atoms in total. The van der Waals surface area contributed by atoms with Gasteiger partial charge in [-0.25, -0.2) is 4.79 Å². The Morgan fingerprint density at radius 1 is 1.17 bits per heavy atom. The van der Waals surface area contributed by atoms with E-state index in [1.807, 2.05) is 25.1 Å². The van der Waals surface area contributed by atoms with E-state index >= 15 is 0 Å². The number of nitrogens with one attached hydrogen (secondary N) is 2. The molecular formula is C23H20N2O5. The van der Waals surface area contributed by atoms with Crippen molar-refractivity contribution >= 4 is 34.2 Å². The number of fused-ring (bicyclic) bond motifs is 2. The lowest BCUT2D eigenvalue weighted by molar-refractivity contribution is -0.124. The third-order valence-corrected chi connectivity index (χ3v) is 5.04. The molecule has 0 saturated heterocycles. The van der Waals surface area contributed by atoms with Crippen LogP contribution in [-0.2, 0) is 20.7 Å². The summed E-state index contributed by atoms with van der Waals surface area (Å²) >= 11 is 0. The van der Waals surface area contributed by atoms with Crippen LogP contribution in [0.15, 0.2) is 54.6 Å². The van der Waals surface area contributed by atoms with Crippen LogP contribution in [0.25, 0.3) is 10.8 Å². The number of benzene rings is 3. The topological polar surface area (TPSA) is 105 Å². The molecule has 3 aromatic rings. The molecule has 0 bridgehead atoms. The summed E-state index contributed by atoms with van der Waals surface area (Å²) in [5.74, 6) is -1.22. The number of phenolic OH excluding ortho intramolecular Hbond substituents is 1. The van der Waals surface area contributed by atoms with E-state index in [2.05, 4.69) is 10.6 Å². The van der Waals surface area contributed by atoms with E-state index in [1.165, 1.54) is 6.07 Å². The van der Waals surface area contributed by atoms with Gasteiger partial charge in [-0.05, 0) is 41.6 Å². The number of carbonyl (C=O) groups excluding carboxylic acids is 3. The maximum Gasteiger partial charge on any atom is 0.338 e. The highest BCUT2D eigenvalue weighted by atomic mass is 16.5. The van der Waals surface area contributed by atoms with Gasteiger partial charge in [0.25, 0.3) is 5.91 Å². The largest absolute Gasteiger partial charge is 0.507 e. The fourth-order valence-electron chi connectivity index (χ4n) is 3.51. The highest BCUT2D eigenvalue weighted by molar-refractivity contribution is 5.99. The molecule has 0 fully saturated rings. The van der Waals surface area contributed by atoms with Crippen molar-refractivity contribution in [2.24, 2.45) is 0 Å². The smallest absolute Gasteiger partial charge is 0.338 e. The Morgan fingerprint density at radius 2 is 1.97 bits per heavy atom. The van der Waals surface area contributed by atoms with E-state index in [4.69, 9.17) is 4.74 Å². The number of anilines is 1. The van der Waals surface area contributed by atoms with E-state index in [0.717, 1.165) is 16.8 Å². The molecule has 1 unspecified atom stereocenters. The van der Waals surface area contributed by atoms with E-state index < -0.39 is 18.5 Å². The lowest BCUT2D eigenvalue weighted by atomic mass is 10.0. The van der Waals surface area contributed by atoms with E-state index in [9.17, 15) is 19.5 Å². The van der Waals surface area contributed by atoms with Gasteiger partial charge in [0.2, 0.25) is 5.91 Å². The quantitative estimate of drug-likeness (QED) is 0.567. The molecule has 1 heterocycles.